The van der Waals surface area contributed by atoms with Crippen LogP contribution in [0.5, 0.6) is 0 Å². The predicted molar refractivity (Wildman–Crippen MR) is 91.4 cm³/mol. The number of urea groups is 1. The molecule has 1 heterocycles. The van der Waals surface area contributed by atoms with Crippen molar-refractivity contribution in [1.82, 2.24) is 5.32 Å². The zero-order valence-electron chi connectivity index (χ0n) is 12.5. The topological polar surface area (TPSA) is 58.2 Å². The number of carbonyl (C=O) groups is 2. The average molecular weight is 314 g/mol. The van der Waals surface area contributed by atoms with Gasteiger partial charge in [-0.25, -0.2) is 4.79 Å². The number of thiophene rings is 1. The minimum atomic E-state index is -0.258. The standard InChI is InChI=1S/C17H18N2O2S/c1-12(2)18-17(21)19-14-7-5-13(6-8-14)16(20)10-9-15-4-3-11-22-15/h3-12H,1-2H3,(H2,18,19,21)/b10-9+. The van der Waals surface area contributed by atoms with E-state index in [0.717, 1.165) is 4.88 Å². The maximum Gasteiger partial charge on any atom is 0.319 e. The molecule has 0 aliphatic carbocycles. The highest BCUT2D eigenvalue weighted by molar-refractivity contribution is 7.10. The highest BCUT2D eigenvalue weighted by Gasteiger charge is 2.05. The number of nitrogens with one attached hydrogen (secondary N) is 2. The summed E-state index contributed by atoms with van der Waals surface area (Å²) in [6, 6.07) is 10.5. The van der Waals surface area contributed by atoms with Gasteiger partial charge < -0.3 is 10.6 Å². The van der Waals surface area contributed by atoms with Crippen LogP contribution in [0.2, 0.25) is 0 Å². The van der Waals surface area contributed by atoms with E-state index in [2.05, 4.69) is 10.6 Å². The van der Waals surface area contributed by atoms with Crippen LogP contribution in [-0.2, 0) is 0 Å². The molecule has 2 rings (SSSR count). The van der Waals surface area contributed by atoms with Crippen LogP contribution in [0.25, 0.3) is 6.08 Å². The minimum Gasteiger partial charge on any atom is -0.336 e. The van der Waals surface area contributed by atoms with E-state index in [1.807, 2.05) is 31.4 Å². The lowest BCUT2D eigenvalue weighted by Crippen LogP contribution is -2.34. The zero-order chi connectivity index (χ0) is 15.9. The molecule has 0 spiro atoms. The molecule has 0 aliphatic heterocycles. The lowest BCUT2D eigenvalue weighted by Gasteiger charge is -2.10. The average Bonchev–Trinajstić information content (AvgIpc) is 2.98. The van der Waals surface area contributed by atoms with Gasteiger partial charge in [-0.2, -0.15) is 0 Å². The Kier molecular flexibility index (Phi) is 5.49. The Hall–Kier alpha value is -2.40. The molecule has 1 aromatic carbocycles. The fourth-order valence-corrected chi connectivity index (χ4v) is 2.41. The van der Waals surface area contributed by atoms with Gasteiger partial charge in [0.1, 0.15) is 0 Å². The fraction of sp³-hybridized carbons (Fsp3) is 0.176. The van der Waals surface area contributed by atoms with Crippen LogP contribution in [0.15, 0.2) is 47.9 Å². The van der Waals surface area contributed by atoms with Crippen LogP contribution in [-0.4, -0.2) is 17.9 Å². The molecule has 0 unspecified atom stereocenters. The number of ketones is 1. The normalized spacial score (nSPS) is 10.9. The molecule has 0 saturated heterocycles. The third-order valence-corrected chi connectivity index (χ3v) is 3.63. The first-order valence-corrected chi connectivity index (χ1v) is 7.86. The van der Waals surface area contributed by atoms with Crippen molar-refractivity contribution in [2.24, 2.45) is 0 Å². The summed E-state index contributed by atoms with van der Waals surface area (Å²) >= 11 is 1.58. The van der Waals surface area contributed by atoms with Crippen LogP contribution < -0.4 is 10.6 Å². The fourth-order valence-electron chi connectivity index (χ4n) is 1.79. The molecule has 2 amide bonds. The Labute approximate surface area is 133 Å². The molecule has 0 saturated carbocycles. The van der Waals surface area contributed by atoms with Gasteiger partial charge in [0, 0.05) is 22.2 Å². The molecule has 0 bridgehead atoms. The van der Waals surface area contributed by atoms with E-state index in [-0.39, 0.29) is 17.9 Å². The molecule has 22 heavy (non-hydrogen) atoms. The summed E-state index contributed by atoms with van der Waals surface area (Å²) in [4.78, 5) is 24.7. The maximum atomic E-state index is 12.0. The minimum absolute atomic E-state index is 0.0634. The Morgan fingerprint density at radius 3 is 2.45 bits per heavy atom. The highest BCUT2D eigenvalue weighted by atomic mass is 32.1. The SMILES string of the molecule is CC(C)NC(=O)Nc1ccc(C(=O)/C=C/c2cccs2)cc1. The van der Waals surface area contributed by atoms with Crippen LogP contribution in [0.4, 0.5) is 10.5 Å². The van der Waals surface area contributed by atoms with E-state index in [9.17, 15) is 9.59 Å². The summed E-state index contributed by atoms with van der Waals surface area (Å²) < 4.78 is 0. The third kappa shape index (κ3) is 4.86. The number of hydrogen-bond acceptors (Lipinski definition) is 3. The lowest BCUT2D eigenvalue weighted by molar-refractivity contribution is 0.104. The lowest BCUT2D eigenvalue weighted by atomic mass is 10.1. The second-order valence-corrected chi connectivity index (χ2v) is 6.02. The molecule has 0 fully saturated rings. The Morgan fingerprint density at radius 2 is 1.86 bits per heavy atom. The van der Waals surface area contributed by atoms with Gasteiger partial charge in [0.15, 0.2) is 5.78 Å². The first kappa shape index (κ1) is 16.0. The number of carbonyl (C=O) groups excluding carboxylic acids is 2. The van der Waals surface area contributed by atoms with E-state index < -0.39 is 0 Å². The van der Waals surface area contributed by atoms with Crippen LogP contribution in [0.3, 0.4) is 0 Å². The number of hydrogen-bond donors (Lipinski definition) is 2. The summed E-state index contributed by atoms with van der Waals surface area (Å²) in [5.41, 5.74) is 1.24. The molecule has 1 aromatic heterocycles. The number of rotatable bonds is 5. The quantitative estimate of drug-likeness (QED) is 0.642. The second-order valence-electron chi connectivity index (χ2n) is 5.04. The summed E-state index contributed by atoms with van der Waals surface area (Å²) in [5.74, 6) is -0.0634. The summed E-state index contributed by atoms with van der Waals surface area (Å²) in [6.45, 7) is 3.78. The van der Waals surface area contributed by atoms with E-state index in [0.29, 0.717) is 11.3 Å². The van der Waals surface area contributed by atoms with Crippen molar-refractivity contribution in [3.05, 3.63) is 58.3 Å². The first-order chi connectivity index (χ1) is 10.5. The van der Waals surface area contributed by atoms with Gasteiger partial charge in [0.05, 0.1) is 0 Å². The molecule has 5 heteroatoms. The highest BCUT2D eigenvalue weighted by Crippen LogP contribution is 2.13. The summed E-state index contributed by atoms with van der Waals surface area (Å²) in [6.07, 6.45) is 3.36. The van der Waals surface area contributed by atoms with Crippen molar-refractivity contribution >= 4 is 34.9 Å². The molecule has 0 radical (unpaired) electrons. The van der Waals surface area contributed by atoms with Gasteiger partial charge in [-0.3, -0.25) is 4.79 Å². The first-order valence-electron chi connectivity index (χ1n) is 6.98. The van der Waals surface area contributed by atoms with E-state index >= 15 is 0 Å². The van der Waals surface area contributed by atoms with E-state index in [4.69, 9.17) is 0 Å². The van der Waals surface area contributed by atoms with Crippen molar-refractivity contribution in [3.8, 4) is 0 Å². The van der Waals surface area contributed by atoms with Crippen LogP contribution >= 0.6 is 11.3 Å². The number of anilines is 1. The van der Waals surface area contributed by atoms with Crippen molar-refractivity contribution in [2.75, 3.05) is 5.32 Å². The van der Waals surface area contributed by atoms with E-state index in [1.165, 1.54) is 0 Å². The van der Waals surface area contributed by atoms with Gasteiger partial charge in [0.2, 0.25) is 0 Å². The van der Waals surface area contributed by atoms with Gasteiger partial charge in [-0.15, -0.1) is 11.3 Å². The van der Waals surface area contributed by atoms with Crippen molar-refractivity contribution in [1.29, 1.82) is 0 Å². The Bertz CT molecular complexity index is 658. The zero-order valence-corrected chi connectivity index (χ0v) is 13.3. The van der Waals surface area contributed by atoms with Crippen LogP contribution in [0, 0.1) is 0 Å². The Morgan fingerprint density at radius 1 is 1.14 bits per heavy atom. The molecule has 4 nitrogen and oxygen atoms in total. The number of allylic oxidation sites excluding steroid dienone is 1. The monoisotopic (exact) mass is 314 g/mol. The molecule has 0 atom stereocenters. The summed E-state index contributed by atoms with van der Waals surface area (Å²) in [5, 5.41) is 7.42. The van der Waals surface area contributed by atoms with Gasteiger partial charge in [0.25, 0.3) is 0 Å². The second kappa shape index (κ2) is 7.56. The van der Waals surface area contributed by atoms with Crippen LogP contribution in [0.1, 0.15) is 29.1 Å². The molecule has 2 aromatic rings. The molecule has 2 N–H and O–H groups in total. The molecular weight excluding hydrogens is 296 g/mol. The molecular formula is C17H18N2O2S. The van der Waals surface area contributed by atoms with Gasteiger partial charge >= 0.3 is 6.03 Å². The van der Waals surface area contributed by atoms with Gasteiger partial charge in [-0.1, -0.05) is 6.07 Å². The largest absolute Gasteiger partial charge is 0.336 e. The summed E-state index contributed by atoms with van der Waals surface area (Å²) in [7, 11) is 0. The molecule has 0 aliphatic rings. The van der Waals surface area contributed by atoms with Crippen molar-refractivity contribution < 1.29 is 9.59 Å². The maximum absolute atomic E-state index is 12.0. The predicted octanol–water partition coefficient (Wildman–Crippen LogP) is 4.17. The Balaban J connectivity index is 1.96. The number of benzene rings is 1. The van der Waals surface area contributed by atoms with Crippen molar-refractivity contribution in [3.63, 3.8) is 0 Å². The third-order valence-electron chi connectivity index (χ3n) is 2.79. The smallest absolute Gasteiger partial charge is 0.319 e. The molecule has 114 valence electrons. The van der Waals surface area contributed by atoms with Gasteiger partial charge in [-0.05, 0) is 61.7 Å². The number of amides is 2. The van der Waals surface area contributed by atoms with E-state index in [1.54, 1.807) is 47.8 Å². The van der Waals surface area contributed by atoms with Crippen molar-refractivity contribution in [2.45, 2.75) is 19.9 Å².